The lowest BCUT2D eigenvalue weighted by Gasteiger charge is -2.31. The van der Waals surface area contributed by atoms with Crippen LogP contribution in [-0.2, 0) is 4.79 Å². The Bertz CT molecular complexity index is 724. The number of halogens is 1. The predicted octanol–water partition coefficient (Wildman–Crippen LogP) is 3.60. The minimum atomic E-state index is -0.00275. The number of amides is 1. The highest BCUT2D eigenvalue weighted by molar-refractivity contribution is 6.33. The highest BCUT2D eigenvalue weighted by atomic mass is 35.5. The lowest BCUT2D eigenvalue weighted by molar-refractivity contribution is -0.120. The first-order chi connectivity index (χ1) is 11.5. The van der Waals surface area contributed by atoms with Crippen LogP contribution in [0.15, 0.2) is 30.3 Å². The zero-order chi connectivity index (χ0) is 17.1. The van der Waals surface area contributed by atoms with Crippen molar-refractivity contribution in [1.29, 1.82) is 0 Å². The van der Waals surface area contributed by atoms with Crippen LogP contribution in [0.3, 0.4) is 0 Å². The highest BCUT2D eigenvalue weighted by Crippen LogP contribution is 2.26. The summed E-state index contributed by atoms with van der Waals surface area (Å²) in [5.74, 6) is 0.911. The van der Waals surface area contributed by atoms with E-state index >= 15 is 0 Å². The van der Waals surface area contributed by atoms with E-state index in [1.54, 1.807) is 0 Å². The predicted molar refractivity (Wildman–Crippen MR) is 96.5 cm³/mol. The molecule has 1 fully saturated rings. The van der Waals surface area contributed by atoms with Crippen molar-refractivity contribution in [1.82, 2.24) is 10.2 Å². The monoisotopic (exact) mass is 344 g/mol. The number of hydrogen-bond donors (Lipinski definition) is 1. The Morgan fingerprint density at radius 3 is 2.54 bits per heavy atom. The van der Waals surface area contributed by atoms with Crippen molar-refractivity contribution in [3.8, 4) is 0 Å². The third-order valence-corrected chi connectivity index (χ3v) is 4.67. The van der Waals surface area contributed by atoms with Crippen LogP contribution in [0.5, 0.6) is 0 Å². The lowest BCUT2D eigenvalue weighted by atomic mass is 9.95. The molecule has 1 N–H and O–H groups in total. The summed E-state index contributed by atoms with van der Waals surface area (Å²) in [5.41, 5.74) is 2.66. The molecular formula is C18H21ClN4O. The van der Waals surface area contributed by atoms with Crippen LogP contribution in [0, 0.1) is 19.8 Å². The molecule has 6 heteroatoms. The molecule has 0 spiro atoms. The van der Waals surface area contributed by atoms with E-state index in [0.29, 0.717) is 10.7 Å². The molecule has 0 bridgehead atoms. The Labute approximate surface area is 147 Å². The van der Waals surface area contributed by atoms with Crippen LogP contribution in [0.2, 0.25) is 5.02 Å². The number of rotatable bonds is 3. The van der Waals surface area contributed by atoms with Gasteiger partial charge in [0, 0.05) is 19.0 Å². The van der Waals surface area contributed by atoms with Gasteiger partial charge in [0.05, 0.1) is 16.4 Å². The number of piperidine rings is 1. The molecule has 3 rings (SSSR count). The quantitative estimate of drug-likeness (QED) is 0.924. The Balaban J connectivity index is 1.58. The number of carbonyl (C=O) groups is 1. The maximum Gasteiger partial charge on any atom is 0.227 e. The van der Waals surface area contributed by atoms with Gasteiger partial charge in [0.25, 0.3) is 0 Å². The summed E-state index contributed by atoms with van der Waals surface area (Å²) in [6.45, 7) is 5.50. The molecule has 1 aliphatic rings. The molecule has 2 aromatic rings. The Morgan fingerprint density at radius 1 is 1.17 bits per heavy atom. The summed E-state index contributed by atoms with van der Waals surface area (Å²) >= 11 is 6.19. The fraction of sp³-hybridized carbons (Fsp3) is 0.389. The second kappa shape index (κ2) is 7.18. The zero-order valence-electron chi connectivity index (χ0n) is 13.9. The average molecular weight is 345 g/mol. The number of anilines is 2. The number of nitrogens with one attached hydrogen (secondary N) is 1. The van der Waals surface area contributed by atoms with E-state index in [1.165, 1.54) is 0 Å². The Kier molecular flexibility index (Phi) is 5.00. The number of aryl methyl sites for hydroxylation is 2. The van der Waals surface area contributed by atoms with Gasteiger partial charge >= 0.3 is 0 Å². The molecule has 0 radical (unpaired) electrons. The largest absolute Gasteiger partial charge is 0.355 e. The van der Waals surface area contributed by atoms with Crippen molar-refractivity contribution < 1.29 is 4.79 Å². The topological polar surface area (TPSA) is 58.1 Å². The molecule has 126 valence electrons. The summed E-state index contributed by atoms with van der Waals surface area (Å²) in [4.78, 5) is 14.7. The number of benzene rings is 1. The average Bonchev–Trinajstić information content (AvgIpc) is 2.58. The van der Waals surface area contributed by atoms with Gasteiger partial charge in [-0.25, -0.2) is 0 Å². The number of aromatic nitrogens is 2. The number of nitrogens with zero attached hydrogens (tertiary/aromatic N) is 3. The normalized spacial score (nSPS) is 15.4. The van der Waals surface area contributed by atoms with E-state index < -0.39 is 0 Å². The van der Waals surface area contributed by atoms with Gasteiger partial charge in [-0.2, -0.15) is 5.10 Å². The fourth-order valence-electron chi connectivity index (χ4n) is 2.89. The Hall–Kier alpha value is -2.14. The molecule has 1 aliphatic heterocycles. The molecule has 5 nitrogen and oxygen atoms in total. The van der Waals surface area contributed by atoms with Gasteiger partial charge in [0.15, 0.2) is 5.82 Å². The summed E-state index contributed by atoms with van der Waals surface area (Å²) in [5, 5.41) is 11.8. The smallest absolute Gasteiger partial charge is 0.227 e. The van der Waals surface area contributed by atoms with Crippen molar-refractivity contribution in [2.24, 2.45) is 5.92 Å². The molecule has 1 amide bonds. The molecule has 1 aromatic carbocycles. The molecule has 0 unspecified atom stereocenters. The van der Waals surface area contributed by atoms with Crippen molar-refractivity contribution in [2.45, 2.75) is 26.7 Å². The molecule has 0 saturated carbocycles. The van der Waals surface area contributed by atoms with Crippen LogP contribution in [-0.4, -0.2) is 29.2 Å². The van der Waals surface area contributed by atoms with Gasteiger partial charge < -0.3 is 10.2 Å². The van der Waals surface area contributed by atoms with Gasteiger partial charge in [-0.3, -0.25) is 4.79 Å². The van der Waals surface area contributed by atoms with Crippen LogP contribution in [0.1, 0.15) is 24.1 Å². The van der Waals surface area contributed by atoms with Crippen LogP contribution < -0.4 is 10.2 Å². The summed E-state index contributed by atoms with van der Waals surface area (Å²) in [6.07, 6.45) is 1.59. The van der Waals surface area contributed by atoms with Gasteiger partial charge in [-0.15, -0.1) is 5.10 Å². The number of carbonyl (C=O) groups excluding carboxylic acids is 1. The maximum absolute atomic E-state index is 12.5. The third-order valence-electron chi connectivity index (χ3n) is 4.36. The third kappa shape index (κ3) is 3.85. The van der Waals surface area contributed by atoms with Crippen molar-refractivity contribution in [3.63, 3.8) is 0 Å². The van der Waals surface area contributed by atoms with Crippen LogP contribution in [0.4, 0.5) is 11.5 Å². The fourth-order valence-corrected chi connectivity index (χ4v) is 3.17. The van der Waals surface area contributed by atoms with Gasteiger partial charge in [0.1, 0.15) is 0 Å². The van der Waals surface area contributed by atoms with Gasteiger partial charge in [0.2, 0.25) is 5.91 Å². The molecule has 1 saturated heterocycles. The van der Waals surface area contributed by atoms with E-state index in [9.17, 15) is 4.79 Å². The summed E-state index contributed by atoms with van der Waals surface area (Å²) in [7, 11) is 0. The summed E-state index contributed by atoms with van der Waals surface area (Å²) in [6, 6.07) is 9.60. The van der Waals surface area contributed by atoms with Gasteiger partial charge in [-0.05, 0) is 56.5 Å². The Morgan fingerprint density at radius 2 is 1.92 bits per heavy atom. The second-order valence-electron chi connectivity index (χ2n) is 6.27. The van der Waals surface area contributed by atoms with E-state index in [1.807, 2.05) is 44.2 Å². The molecule has 2 heterocycles. The van der Waals surface area contributed by atoms with Crippen molar-refractivity contribution in [2.75, 3.05) is 23.3 Å². The lowest BCUT2D eigenvalue weighted by Crippen LogP contribution is -2.38. The first-order valence-corrected chi connectivity index (χ1v) is 8.53. The van der Waals surface area contributed by atoms with Crippen LogP contribution >= 0.6 is 11.6 Å². The maximum atomic E-state index is 12.5. The van der Waals surface area contributed by atoms with E-state index in [-0.39, 0.29) is 11.8 Å². The van der Waals surface area contributed by atoms with E-state index in [2.05, 4.69) is 20.4 Å². The van der Waals surface area contributed by atoms with Crippen molar-refractivity contribution >= 4 is 29.0 Å². The van der Waals surface area contributed by atoms with Crippen LogP contribution in [0.25, 0.3) is 0 Å². The summed E-state index contributed by atoms with van der Waals surface area (Å²) < 4.78 is 0. The molecule has 0 atom stereocenters. The minimum Gasteiger partial charge on any atom is -0.355 e. The number of hydrogen-bond acceptors (Lipinski definition) is 4. The molecule has 24 heavy (non-hydrogen) atoms. The minimum absolute atomic E-state index is 0.00275. The van der Waals surface area contributed by atoms with Crippen molar-refractivity contribution in [3.05, 3.63) is 46.6 Å². The highest BCUT2D eigenvalue weighted by Gasteiger charge is 2.26. The molecule has 0 aliphatic carbocycles. The van der Waals surface area contributed by atoms with Gasteiger partial charge in [-0.1, -0.05) is 17.7 Å². The first-order valence-electron chi connectivity index (χ1n) is 8.15. The molecule has 1 aromatic heterocycles. The van der Waals surface area contributed by atoms with E-state index in [0.717, 1.165) is 43.0 Å². The standard InChI is InChI=1S/C18H21ClN4O/c1-12-3-5-16(15(19)11-12)20-18(24)14-7-9-23(10-8-14)17-6-4-13(2)21-22-17/h3-6,11,14H,7-10H2,1-2H3,(H,20,24). The zero-order valence-corrected chi connectivity index (χ0v) is 14.7. The SMILES string of the molecule is Cc1ccc(NC(=O)C2CCN(c3ccc(C)nn3)CC2)c(Cl)c1. The van der Waals surface area contributed by atoms with E-state index in [4.69, 9.17) is 11.6 Å². The molecular weight excluding hydrogens is 324 g/mol. The second-order valence-corrected chi connectivity index (χ2v) is 6.67. The first kappa shape index (κ1) is 16.7.